The third kappa shape index (κ3) is 1.56. The summed E-state index contributed by atoms with van der Waals surface area (Å²) < 4.78 is 6.02. The molecule has 4 aliphatic carbocycles. The molecule has 1 spiro atoms. The highest BCUT2D eigenvalue weighted by Gasteiger charge is 2.72. The first-order valence-corrected chi connectivity index (χ1v) is 9.92. The van der Waals surface area contributed by atoms with Crippen molar-refractivity contribution in [3.63, 3.8) is 0 Å². The number of rotatable bonds is 1. The van der Waals surface area contributed by atoms with E-state index in [1.807, 2.05) is 0 Å². The lowest BCUT2D eigenvalue weighted by Crippen LogP contribution is -2.56. The van der Waals surface area contributed by atoms with E-state index in [9.17, 15) is 9.90 Å². The van der Waals surface area contributed by atoms with Gasteiger partial charge in [0.15, 0.2) is 5.78 Å². The summed E-state index contributed by atoms with van der Waals surface area (Å²) in [6.45, 7) is 2.21. The van der Waals surface area contributed by atoms with E-state index in [0.29, 0.717) is 35.9 Å². The van der Waals surface area contributed by atoms with Crippen LogP contribution >= 0.6 is 0 Å². The van der Waals surface area contributed by atoms with Crippen molar-refractivity contribution in [3.8, 4) is 12.3 Å². The molecule has 3 heteroatoms. The number of Topliss-reactive ketones (excluding diaryl/α,β-unsaturated/α-hetero) is 1. The molecular weight excluding hydrogens is 300 g/mol. The van der Waals surface area contributed by atoms with Crippen LogP contribution in [0.4, 0.5) is 0 Å². The maximum Gasteiger partial charge on any atom is 0.164 e. The lowest BCUT2D eigenvalue weighted by Gasteiger charge is -2.56. The molecule has 3 nitrogen and oxygen atoms in total. The Balaban J connectivity index is 1.48. The summed E-state index contributed by atoms with van der Waals surface area (Å²) in [6.07, 6.45) is 14.6. The zero-order chi connectivity index (χ0) is 16.7. The van der Waals surface area contributed by atoms with Crippen molar-refractivity contribution in [1.82, 2.24) is 0 Å². The molecule has 24 heavy (non-hydrogen) atoms. The van der Waals surface area contributed by atoms with Crippen LogP contribution in [-0.4, -0.2) is 28.2 Å². The lowest BCUT2D eigenvalue weighted by atomic mass is 9.48. The molecule has 1 saturated heterocycles. The van der Waals surface area contributed by atoms with Crippen LogP contribution in [0.15, 0.2) is 0 Å². The Kier molecular flexibility index (Phi) is 2.99. The molecule has 0 bridgehead atoms. The molecule has 5 rings (SSSR count). The summed E-state index contributed by atoms with van der Waals surface area (Å²) in [7, 11) is 0. The number of aliphatic hydroxyl groups is 1. The minimum atomic E-state index is -0.909. The third-order valence-corrected chi connectivity index (χ3v) is 8.94. The van der Waals surface area contributed by atoms with E-state index in [4.69, 9.17) is 11.2 Å². The second-order valence-electron chi connectivity index (χ2n) is 9.13. The standard InChI is InChI=1S/C21H28O3/c1-3-19-10-7-14-13(15(19)9-11-20(19,23)4-2)8-12-21-16(14)5-6-17(22)18(21)24-21/h2,13-16,18,23H,3,5-12H2,1H3/t13-,14+,15+,16-,18+,19+,20+,21-/m1/s1. The molecule has 130 valence electrons. The Morgan fingerprint density at radius 3 is 2.67 bits per heavy atom. The fraction of sp³-hybridized carbons (Fsp3) is 0.857. The van der Waals surface area contributed by atoms with Gasteiger partial charge in [-0.25, -0.2) is 0 Å². The van der Waals surface area contributed by atoms with Crippen molar-refractivity contribution >= 4 is 5.78 Å². The monoisotopic (exact) mass is 328 g/mol. The highest BCUT2D eigenvalue weighted by atomic mass is 16.6. The van der Waals surface area contributed by atoms with Crippen LogP contribution in [0.2, 0.25) is 0 Å². The number of ether oxygens (including phenoxy) is 1. The largest absolute Gasteiger partial charge is 0.377 e. The fourth-order valence-corrected chi connectivity index (χ4v) is 7.83. The van der Waals surface area contributed by atoms with Crippen LogP contribution in [0.25, 0.3) is 0 Å². The normalized spacial score (nSPS) is 58.0. The van der Waals surface area contributed by atoms with Gasteiger partial charge in [-0.2, -0.15) is 0 Å². The van der Waals surface area contributed by atoms with Crippen LogP contribution in [0.3, 0.4) is 0 Å². The molecule has 5 aliphatic rings. The predicted octanol–water partition coefficient (Wildman–Crippen LogP) is 3.09. The van der Waals surface area contributed by atoms with E-state index in [1.165, 1.54) is 0 Å². The molecule has 0 unspecified atom stereocenters. The number of carbonyl (C=O) groups excluding carboxylic acids is 1. The average Bonchev–Trinajstić information content (AvgIpc) is 3.26. The van der Waals surface area contributed by atoms with Crippen molar-refractivity contribution < 1.29 is 14.6 Å². The average molecular weight is 328 g/mol. The van der Waals surface area contributed by atoms with Gasteiger partial charge < -0.3 is 9.84 Å². The van der Waals surface area contributed by atoms with Gasteiger partial charge >= 0.3 is 0 Å². The number of terminal acetylenes is 1. The van der Waals surface area contributed by atoms with Crippen LogP contribution in [-0.2, 0) is 9.53 Å². The van der Waals surface area contributed by atoms with Crippen molar-refractivity contribution in [2.24, 2.45) is 29.1 Å². The highest BCUT2D eigenvalue weighted by Crippen LogP contribution is 2.69. The summed E-state index contributed by atoms with van der Waals surface area (Å²) in [5, 5.41) is 11.2. The molecule has 0 aromatic carbocycles. The first-order valence-electron chi connectivity index (χ1n) is 9.92. The third-order valence-electron chi connectivity index (χ3n) is 8.94. The first kappa shape index (κ1) is 15.4. The van der Waals surface area contributed by atoms with Crippen LogP contribution in [0.5, 0.6) is 0 Å². The number of hydrogen-bond donors (Lipinski definition) is 1. The van der Waals surface area contributed by atoms with Gasteiger partial charge in [-0.15, -0.1) is 6.42 Å². The van der Waals surface area contributed by atoms with Gasteiger partial charge in [0.1, 0.15) is 17.3 Å². The van der Waals surface area contributed by atoms with Gasteiger partial charge in [0.25, 0.3) is 0 Å². The molecule has 1 aliphatic heterocycles. The van der Waals surface area contributed by atoms with Crippen molar-refractivity contribution in [1.29, 1.82) is 0 Å². The molecule has 0 aromatic rings. The summed E-state index contributed by atoms with van der Waals surface area (Å²) in [5.74, 6) is 5.57. The fourth-order valence-electron chi connectivity index (χ4n) is 7.83. The second kappa shape index (κ2) is 4.65. The Morgan fingerprint density at radius 2 is 1.92 bits per heavy atom. The van der Waals surface area contributed by atoms with Gasteiger partial charge in [0.2, 0.25) is 0 Å². The maximum atomic E-state index is 12.1. The molecule has 1 heterocycles. The van der Waals surface area contributed by atoms with E-state index < -0.39 is 5.60 Å². The number of hydrogen-bond acceptors (Lipinski definition) is 3. The Morgan fingerprint density at radius 1 is 1.17 bits per heavy atom. The van der Waals surface area contributed by atoms with Gasteiger partial charge in [0, 0.05) is 11.8 Å². The quantitative estimate of drug-likeness (QED) is 0.594. The van der Waals surface area contributed by atoms with Crippen LogP contribution in [0, 0.1) is 41.4 Å². The zero-order valence-electron chi connectivity index (χ0n) is 14.6. The van der Waals surface area contributed by atoms with E-state index in [2.05, 4.69) is 12.8 Å². The Hall–Kier alpha value is -0.850. The Labute approximate surface area is 144 Å². The maximum absolute atomic E-state index is 12.1. The second-order valence-corrected chi connectivity index (χ2v) is 9.13. The predicted molar refractivity (Wildman–Crippen MR) is 90.0 cm³/mol. The van der Waals surface area contributed by atoms with Gasteiger partial charge in [-0.3, -0.25) is 4.79 Å². The van der Waals surface area contributed by atoms with Gasteiger partial charge in [-0.1, -0.05) is 12.8 Å². The molecule has 5 fully saturated rings. The Bertz CT molecular complexity index is 635. The molecule has 0 aromatic heterocycles. The summed E-state index contributed by atoms with van der Waals surface area (Å²) in [4.78, 5) is 12.1. The van der Waals surface area contributed by atoms with E-state index in [0.717, 1.165) is 51.4 Å². The van der Waals surface area contributed by atoms with Crippen LogP contribution in [0.1, 0.15) is 64.7 Å². The zero-order valence-corrected chi connectivity index (χ0v) is 14.6. The number of carbonyl (C=O) groups is 1. The lowest BCUT2D eigenvalue weighted by molar-refractivity contribution is -0.126. The highest BCUT2D eigenvalue weighted by molar-refractivity contribution is 5.88. The van der Waals surface area contributed by atoms with Crippen molar-refractivity contribution in [2.45, 2.75) is 82.0 Å². The minimum absolute atomic E-state index is 0.0816. The van der Waals surface area contributed by atoms with Crippen LogP contribution < -0.4 is 0 Å². The molecule has 0 amide bonds. The molecule has 0 radical (unpaired) electrons. The summed E-state index contributed by atoms with van der Waals surface area (Å²) >= 11 is 0. The SMILES string of the molecule is C#C[C@]1(O)CC[C@H]2[C@@H]3CC[C@]45O[C@H]4C(=O)CC[C@@H]5[C@H]3CC[C@@]21CC. The molecule has 4 saturated carbocycles. The van der Waals surface area contributed by atoms with Gasteiger partial charge in [0.05, 0.1) is 0 Å². The summed E-state index contributed by atoms with van der Waals surface area (Å²) in [6, 6.07) is 0. The minimum Gasteiger partial charge on any atom is -0.377 e. The van der Waals surface area contributed by atoms with Gasteiger partial charge in [-0.05, 0) is 75.0 Å². The topological polar surface area (TPSA) is 49.8 Å². The molecule has 8 atom stereocenters. The molecule has 1 N–H and O–H groups in total. The first-order chi connectivity index (χ1) is 11.5. The van der Waals surface area contributed by atoms with E-state index in [-0.39, 0.29) is 17.1 Å². The van der Waals surface area contributed by atoms with Crippen molar-refractivity contribution in [3.05, 3.63) is 0 Å². The number of fused-ring (bicyclic) bond motifs is 4. The number of epoxide rings is 1. The van der Waals surface area contributed by atoms with E-state index in [1.54, 1.807) is 0 Å². The summed E-state index contributed by atoms with van der Waals surface area (Å²) in [5.41, 5.74) is -1.08. The van der Waals surface area contributed by atoms with E-state index >= 15 is 0 Å². The smallest absolute Gasteiger partial charge is 0.164 e. The van der Waals surface area contributed by atoms with Crippen molar-refractivity contribution in [2.75, 3.05) is 0 Å². The number of ketones is 1. The molecular formula is C21H28O3.